The molecule has 0 bridgehead atoms. The average molecular weight is 278 g/mol. The molecule has 0 aliphatic rings. The number of benzene rings is 1. The Morgan fingerprint density at radius 1 is 1.30 bits per heavy atom. The molecular formula is C15H22N2O3. The van der Waals surface area contributed by atoms with Crippen molar-refractivity contribution in [1.29, 1.82) is 0 Å². The van der Waals surface area contributed by atoms with Gasteiger partial charge in [-0.1, -0.05) is 25.1 Å². The van der Waals surface area contributed by atoms with E-state index in [4.69, 9.17) is 5.11 Å². The van der Waals surface area contributed by atoms with Gasteiger partial charge >= 0.3 is 12.0 Å². The molecule has 2 amide bonds. The van der Waals surface area contributed by atoms with Crippen LogP contribution in [0, 0.1) is 12.8 Å². The van der Waals surface area contributed by atoms with Gasteiger partial charge in [0.05, 0.1) is 5.92 Å². The molecular weight excluding hydrogens is 256 g/mol. The van der Waals surface area contributed by atoms with Crippen LogP contribution in [0.2, 0.25) is 0 Å². The van der Waals surface area contributed by atoms with E-state index in [1.807, 2.05) is 32.0 Å². The van der Waals surface area contributed by atoms with Crippen LogP contribution >= 0.6 is 0 Å². The Balaban J connectivity index is 2.75. The number of hydrogen-bond acceptors (Lipinski definition) is 2. The number of rotatable bonds is 5. The summed E-state index contributed by atoms with van der Waals surface area (Å²) in [4.78, 5) is 22.8. The third kappa shape index (κ3) is 3.98. The zero-order chi connectivity index (χ0) is 15.3. The molecule has 0 saturated heterocycles. The van der Waals surface area contributed by atoms with E-state index in [0.717, 1.165) is 23.2 Å². The molecule has 0 aliphatic carbocycles. The van der Waals surface area contributed by atoms with Gasteiger partial charge < -0.3 is 15.7 Å². The first-order valence-corrected chi connectivity index (χ1v) is 6.75. The maximum atomic E-state index is 12.0. The third-order valence-electron chi connectivity index (χ3n) is 3.48. The van der Waals surface area contributed by atoms with Gasteiger partial charge in [0.15, 0.2) is 0 Å². The number of anilines is 1. The molecule has 5 nitrogen and oxygen atoms in total. The molecule has 0 fully saturated rings. The van der Waals surface area contributed by atoms with Crippen LogP contribution in [0.4, 0.5) is 10.5 Å². The molecule has 0 spiro atoms. The van der Waals surface area contributed by atoms with Crippen molar-refractivity contribution >= 4 is 17.7 Å². The molecule has 0 aliphatic heterocycles. The van der Waals surface area contributed by atoms with Gasteiger partial charge in [0.25, 0.3) is 0 Å². The fourth-order valence-electron chi connectivity index (χ4n) is 1.90. The normalized spacial score (nSPS) is 13.4. The number of hydrogen-bond donors (Lipinski definition) is 3. The largest absolute Gasteiger partial charge is 0.481 e. The topological polar surface area (TPSA) is 78.4 Å². The van der Waals surface area contributed by atoms with Crippen molar-refractivity contribution in [2.45, 2.75) is 40.2 Å². The van der Waals surface area contributed by atoms with E-state index in [1.54, 1.807) is 13.8 Å². The molecule has 20 heavy (non-hydrogen) atoms. The lowest BCUT2D eigenvalue weighted by Crippen LogP contribution is -2.42. The molecule has 0 saturated carbocycles. The molecule has 1 aromatic rings. The van der Waals surface area contributed by atoms with Crippen molar-refractivity contribution in [3.05, 3.63) is 29.3 Å². The number of carbonyl (C=O) groups is 2. The molecule has 5 heteroatoms. The Labute approximate surface area is 119 Å². The van der Waals surface area contributed by atoms with E-state index >= 15 is 0 Å². The van der Waals surface area contributed by atoms with Crippen LogP contribution in [-0.2, 0) is 11.2 Å². The first-order valence-electron chi connectivity index (χ1n) is 6.75. The molecule has 110 valence electrons. The second kappa shape index (κ2) is 6.93. The van der Waals surface area contributed by atoms with Crippen LogP contribution in [-0.4, -0.2) is 23.1 Å². The fraction of sp³-hybridized carbons (Fsp3) is 0.467. The third-order valence-corrected chi connectivity index (χ3v) is 3.48. The standard InChI is InChI=1S/C15H22N2O3/c1-5-12-8-6-7-9(2)13(12)17-15(20)16-11(4)10(3)14(18)19/h6-8,10-11H,5H2,1-4H3,(H,18,19)(H2,16,17,20). The summed E-state index contributed by atoms with van der Waals surface area (Å²) in [7, 11) is 0. The highest BCUT2D eigenvalue weighted by Gasteiger charge is 2.21. The van der Waals surface area contributed by atoms with Crippen LogP contribution in [0.25, 0.3) is 0 Å². The first-order chi connectivity index (χ1) is 9.36. The zero-order valence-corrected chi connectivity index (χ0v) is 12.4. The Morgan fingerprint density at radius 3 is 2.50 bits per heavy atom. The number of nitrogens with one attached hydrogen (secondary N) is 2. The average Bonchev–Trinajstić information content (AvgIpc) is 2.39. The van der Waals surface area contributed by atoms with Crippen LogP contribution in [0.15, 0.2) is 18.2 Å². The number of carboxylic acid groups (broad SMARTS) is 1. The SMILES string of the molecule is CCc1cccc(C)c1NC(=O)NC(C)C(C)C(=O)O. The number of aliphatic carboxylic acids is 1. The van der Waals surface area contributed by atoms with Gasteiger partial charge in [-0.25, -0.2) is 4.79 Å². The lowest BCUT2D eigenvalue weighted by atomic mass is 10.0. The van der Waals surface area contributed by atoms with Crippen molar-refractivity contribution < 1.29 is 14.7 Å². The molecule has 2 unspecified atom stereocenters. The molecule has 1 rings (SSSR count). The van der Waals surface area contributed by atoms with Gasteiger partial charge in [-0.3, -0.25) is 4.79 Å². The summed E-state index contributed by atoms with van der Waals surface area (Å²) in [5.74, 6) is -1.56. The summed E-state index contributed by atoms with van der Waals surface area (Å²) < 4.78 is 0. The molecule has 0 aromatic heterocycles. The zero-order valence-electron chi connectivity index (χ0n) is 12.4. The van der Waals surface area contributed by atoms with Gasteiger partial charge in [0, 0.05) is 11.7 Å². The highest BCUT2D eigenvalue weighted by Crippen LogP contribution is 2.20. The summed E-state index contributed by atoms with van der Waals surface area (Å²) in [6, 6.07) is 5.02. The maximum Gasteiger partial charge on any atom is 0.319 e. The van der Waals surface area contributed by atoms with Crippen LogP contribution in [0.1, 0.15) is 31.9 Å². The Bertz CT molecular complexity index is 500. The second-order valence-corrected chi connectivity index (χ2v) is 4.98. The number of para-hydroxylation sites is 1. The summed E-state index contributed by atoms with van der Waals surface area (Å²) in [6.45, 7) is 7.19. The van der Waals surface area contributed by atoms with Crippen molar-refractivity contribution in [2.24, 2.45) is 5.92 Å². The lowest BCUT2D eigenvalue weighted by molar-refractivity contribution is -0.141. The van der Waals surface area contributed by atoms with E-state index in [0.29, 0.717) is 0 Å². The lowest BCUT2D eigenvalue weighted by Gasteiger charge is -2.19. The number of aryl methyl sites for hydroxylation is 2. The quantitative estimate of drug-likeness (QED) is 0.775. The second-order valence-electron chi connectivity index (χ2n) is 4.98. The minimum absolute atomic E-state index is 0.380. The van der Waals surface area contributed by atoms with Crippen molar-refractivity contribution in [3.63, 3.8) is 0 Å². The highest BCUT2D eigenvalue weighted by atomic mass is 16.4. The molecule has 0 radical (unpaired) electrons. The predicted octanol–water partition coefficient (Wildman–Crippen LogP) is 2.79. The Kier molecular flexibility index (Phi) is 5.55. The summed E-state index contributed by atoms with van der Waals surface area (Å²) in [5.41, 5.74) is 2.83. The first kappa shape index (κ1) is 16.0. The summed E-state index contributed by atoms with van der Waals surface area (Å²) in [6.07, 6.45) is 0.818. The molecule has 3 N–H and O–H groups in total. The highest BCUT2D eigenvalue weighted by molar-refractivity contribution is 5.91. The van der Waals surface area contributed by atoms with Crippen molar-refractivity contribution in [2.75, 3.05) is 5.32 Å². The van der Waals surface area contributed by atoms with Crippen LogP contribution in [0.3, 0.4) is 0 Å². The maximum absolute atomic E-state index is 12.0. The predicted molar refractivity (Wildman–Crippen MR) is 79.0 cm³/mol. The van der Waals surface area contributed by atoms with E-state index in [2.05, 4.69) is 10.6 Å². The minimum atomic E-state index is -0.928. The van der Waals surface area contributed by atoms with E-state index in [9.17, 15) is 9.59 Å². The minimum Gasteiger partial charge on any atom is -0.481 e. The van der Waals surface area contributed by atoms with Crippen LogP contribution in [0.5, 0.6) is 0 Å². The van der Waals surface area contributed by atoms with E-state index in [-0.39, 0.29) is 6.03 Å². The number of amides is 2. The smallest absolute Gasteiger partial charge is 0.319 e. The Hall–Kier alpha value is -2.04. The van der Waals surface area contributed by atoms with Crippen molar-refractivity contribution in [3.8, 4) is 0 Å². The van der Waals surface area contributed by atoms with E-state index in [1.165, 1.54) is 0 Å². The number of urea groups is 1. The van der Waals surface area contributed by atoms with Gasteiger partial charge in [-0.2, -0.15) is 0 Å². The van der Waals surface area contributed by atoms with Gasteiger partial charge in [0.1, 0.15) is 0 Å². The summed E-state index contributed by atoms with van der Waals surface area (Å²) in [5, 5.41) is 14.4. The van der Waals surface area contributed by atoms with E-state index < -0.39 is 17.9 Å². The Morgan fingerprint density at radius 2 is 1.95 bits per heavy atom. The van der Waals surface area contributed by atoms with Gasteiger partial charge in [-0.15, -0.1) is 0 Å². The number of carboxylic acids is 1. The molecule has 2 atom stereocenters. The molecule has 1 aromatic carbocycles. The molecule has 0 heterocycles. The van der Waals surface area contributed by atoms with Gasteiger partial charge in [-0.05, 0) is 38.3 Å². The number of carbonyl (C=O) groups excluding carboxylic acids is 1. The van der Waals surface area contributed by atoms with Crippen LogP contribution < -0.4 is 10.6 Å². The monoisotopic (exact) mass is 278 g/mol. The van der Waals surface area contributed by atoms with Gasteiger partial charge in [0.2, 0.25) is 0 Å². The summed E-state index contributed by atoms with van der Waals surface area (Å²) >= 11 is 0. The van der Waals surface area contributed by atoms with Crippen molar-refractivity contribution in [1.82, 2.24) is 5.32 Å². The fourth-order valence-corrected chi connectivity index (χ4v) is 1.90.